The van der Waals surface area contributed by atoms with Gasteiger partial charge in [-0.25, -0.2) is 15.8 Å². The van der Waals surface area contributed by atoms with Crippen LogP contribution in [0.5, 0.6) is 0 Å². The van der Waals surface area contributed by atoms with Crippen molar-refractivity contribution in [1.82, 2.24) is 15.0 Å². The Morgan fingerprint density at radius 3 is 2.80 bits per heavy atom. The molecule has 6 nitrogen and oxygen atoms in total. The molecule has 0 aromatic carbocycles. The van der Waals surface area contributed by atoms with Gasteiger partial charge in [-0.15, -0.1) is 11.3 Å². The van der Waals surface area contributed by atoms with E-state index in [-0.39, 0.29) is 0 Å². The molecule has 20 heavy (non-hydrogen) atoms. The van der Waals surface area contributed by atoms with Crippen LogP contribution in [0.1, 0.15) is 31.1 Å². The molecule has 0 atom stereocenters. The fourth-order valence-corrected chi connectivity index (χ4v) is 3.42. The highest BCUT2D eigenvalue weighted by atomic mass is 32.1. The van der Waals surface area contributed by atoms with Crippen molar-refractivity contribution in [3.8, 4) is 0 Å². The van der Waals surface area contributed by atoms with Crippen molar-refractivity contribution < 1.29 is 0 Å². The Morgan fingerprint density at radius 2 is 2.10 bits per heavy atom. The maximum absolute atomic E-state index is 5.47. The van der Waals surface area contributed by atoms with Crippen LogP contribution in [0.3, 0.4) is 0 Å². The predicted molar refractivity (Wildman–Crippen MR) is 83.6 cm³/mol. The van der Waals surface area contributed by atoms with Crippen molar-refractivity contribution in [3.05, 3.63) is 10.9 Å². The summed E-state index contributed by atoms with van der Waals surface area (Å²) in [6.45, 7) is 4.27. The van der Waals surface area contributed by atoms with E-state index in [0.717, 1.165) is 35.5 Å². The lowest BCUT2D eigenvalue weighted by Crippen LogP contribution is -2.35. The van der Waals surface area contributed by atoms with E-state index in [1.807, 2.05) is 0 Å². The number of nitrogens with one attached hydrogen (secondary N) is 2. The van der Waals surface area contributed by atoms with Crippen LogP contribution >= 0.6 is 11.3 Å². The van der Waals surface area contributed by atoms with Gasteiger partial charge in [-0.3, -0.25) is 5.43 Å². The number of hydrazine groups is 2. The van der Waals surface area contributed by atoms with E-state index in [1.165, 1.54) is 24.1 Å². The summed E-state index contributed by atoms with van der Waals surface area (Å²) in [5.74, 6) is 6.78. The highest BCUT2D eigenvalue weighted by Gasteiger charge is 2.15. The van der Waals surface area contributed by atoms with Gasteiger partial charge in [-0.1, -0.05) is 13.3 Å². The van der Waals surface area contributed by atoms with Gasteiger partial charge in [-0.2, -0.15) is 4.98 Å². The zero-order chi connectivity index (χ0) is 13.9. The van der Waals surface area contributed by atoms with Crippen LogP contribution in [0.15, 0.2) is 6.07 Å². The van der Waals surface area contributed by atoms with Gasteiger partial charge in [0, 0.05) is 18.0 Å². The van der Waals surface area contributed by atoms with Gasteiger partial charge in [0.1, 0.15) is 4.83 Å². The minimum absolute atomic E-state index is 0.460. The summed E-state index contributed by atoms with van der Waals surface area (Å²) in [4.78, 5) is 11.2. The van der Waals surface area contributed by atoms with Crippen molar-refractivity contribution in [2.24, 2.45) is 5.84 Å². The molecule has 1 aliphatic rings. The molecule has 108 valence electrons. The number of piperidine rings is 1. The molecular weight excluding hydrogens is 272 g/mol. The van der Waals surface area contributed by atoms with E-state index in [2.05, 4.69) is 38.8 Å². The van der Waals surface area contributed by atoms with Crippen LogP contribution in [0, 0.1) is 0 Å². The number of rotatable bonds is 4. The molecule has 2 aromatic rings. The molecule has 0 saturated carbocycles. The summed E-state index contributed by atoms with van der Waals surface area (Å²) >= 11 is 1.70. The average Bonchev–Trinajstić information content (AvgIpc) is 2.91. The lowest BCUT2D eigenvalue weighted by atomic mass is 10.2. The molecule has 1 fully saturated rings. The molecule has 3 heterocycles. The Hall–Kier alpha value is -1.44. The van der Waals surface area contributed by atoms with Gasteiger partial charge in [0.05, 0.1) is 5.39 Å². The molecule has 3 rings (SSSR count). The Morgan fingerprint density at radius 1 is 1.30 bits per heavy atom. The van der Waals surface area contributed by atoms with E-state index in [1.54, 1.807) is 11.3 Å². The fourth-order valence-electron chi connectivity index (χ4n) is 2.45. The zero-order valence-electron chi connectivity index (χ0n) is 11.6. The van der Waals surface area contributed by atoms with E-state index in [4.69, 9.17) is 5.84 Å². The Kier molecular flexibility index (Phi) is 4.00. The molecular formula is C13H20N6S. The van der Waals surface area contributed by atoms with Crippen molar-refractivity contribution in [2.75, 3.05) is 23.9 Å². The van der Waals surface area contributed by atoms with E-state index in [9.17, 15) is 0 Å². The summed E-state index contributed by atoms with van der Waals surface area (Å²) in [6.07, 6.45) is 4.78. The molecule has 0 spiro atoms. The Balaban J connectivity index is 1.95. The van der Waals surface area contributed by atoms with Crippen LogP contribution in [-0.2, 0) is 6.42 Å². The number of anilines is 2. The lowest BCUT2D eigenvalue weighted by Gasteiger charge is -2.27. The molecule has 7 heteroatoms. The highest BCUT2D eigenvalue weighted by molar-refractivity contribution is 7.18. The first-order valence-electron chi connectivity index (χ1n) is 7.09. The second-order valence-corrected chi connectivity index (χ2v) is 6.10. The third-order valence-electron chi connectivity index (χ3n) is 3.54. The molecule has 0 amide bonds. The van der Waals surface area contributed by atoms with Crippen molar-refractivity contribution in [2.45, 2.75) is 32.6 Å². The first-order chi connectivity index (χ1) is 9.80. The topological polar surface area (TPSA) is 79.1 Å². The molecule has 2 aromatic heterocycles. The molecule has 0 aliphatic carbocycles. The lowest BCUT2D eigenvalue weighted by molar-refractivity contribution is 0.272. The van der Waals surface area contributed by atoms with Gasteiger partial charge in [0.2, 0.25) is 5.95 Å². The molecule has 4 N–H and O–H groups in total. The number of thiophene rings is 1. The van der Waals surface area contributed by atoms with E-state index < -0.39 is 0 Å². The number of nitrogen functional groups attached to an aromatic ring is 1. The number of fused-ring (bicyclic) bond motifs is 1. The largest absolute Gasteiger partial charge is 0.302 e. The third-order valence-corrected chi connectivity index (χ3v) is 4.71. The van der Waals surface area contributed by atoms with Crippen LogP contribution in [0.4, 0.5) is 11.8 Å². The van der Waals surface area contributed by atoms with Gasteiger partial charge in [-0.05, 0) is 25.3 Å². The number of hydrogen-bond donors (Lipinski definition) is 3. The number of aromatic nitrogens is 2. The highest BCUT2D eigenvalue weighted by Crippen LogP contribution is 2.30. The maximum atomic E-state index is 5.47. The second kappa shape index (κ2) is 5.90. The van der Waals surface area contributed by atoms with Gasteiger partial charge in [0.25, 0.3) is 0 Å². The number of nitrogens with two attached hydrogens (primary N) is 1. The van der Waals surface area contributed by atoms with Crippen molar-refractivity contribution in [3.63, 3.8) is 0 Å². The standard InChI is InChI=1S/C13H20N6S/c1-2-9-8-10-11(18-19-6-4-3-5-7-19)15-13(17-14)16-12(10)20-9/h8H,2-7,14H2,1H3,(H2,15,16,17,18). The monoisotopic (exact) mass is 292 g/mol. The Bertz CT molecular complexity index is 590. The smallest absolute Gasteiger partial charge is 0.240 e. The van der Waals surface area contributed by atoms with Gasteiger partial charge < -0.3 is 5.43 Å². The third kappa shape index (κ3) is 2.70. The second-order valence-electron chi connectivity index (χ2n) is 4.98. The summed E-state index contributed by atoms with van der Waals surface area (Å²) in [7, 11) is 0. The summed E-state index contributed by atoms with van der Waals surface area (Å²) in [6, 6.07) is 2.17. The number of hydrogen-bond acceptors (Lipinski definition) is 7. The maximum Gasteiger partial charge on any atom is 0.240 e. The summed E-state index contributed by atoms with van der Waals surface area (Å²) in [5, 5.41) is 3.31. The van der Waals surface area contributed by atoms with Crippen LogP contribution < -0.4 is 16.7 Å². The zero-order valence-corrected chi connectivity index (χ0v) is 12.5. The average molecular weight is 292 g/mol. The molecule has 0 unspecified atom stereocenters. The van der Waals surface area contributed by atoms with E-state index in [0.29, 0.717) is 5.95 Å². The first-order valence-corrected chi connectivity index (χ1v) is 7.90. The normalized spacial score (nSPS) is 16.5. The molecule has 0 bridgehead atoms. The van der Waals surface area contributed by atoms with Gasteiger partial charge >= 0.3 is 0 Å². The van der Waals surface area contributed by atoms with Gasteiger partial charge in [0.15, 0.2) is 5.82 Å². The summed E-state index contributed by atoms with van der Waals surface area (Å²) < 4.78 is 0. The number of aryl methyl sites for hydroxylation is 1. The van der Waals surface area contributed by atoms with Crippen LogP contribution in [0.25, 0.3) is 10.2 Å². The minimum Gasteiger partial charge on any atom is -0.302 e. The van der Waals surface area contributed by atoms with Crippen molar-refractivity contribution >= 4 is 33.3 Å². The molecule has 1 aliphatic heterocycles. The van der Waals surface area contributed by atoms with E-state index >= 15 is 0 Å². The minimum atomic E-state index is 0.460. The Labute approximate surface area is 122 Å². The van der Waals surface area contributed by atoms with Crippen LogP contribution in [-0.4, -0.2) is 28.1 Å². The quantitative estimate of drug-likeness (QED) is 0.593. The summed E-state index contributed by atoms with van der Waals surface area (Å²) in [5.41, 5.74) is 5.98. The first kappa shape index (κ1) is 13.5. The van der Waals surface area contributed by atoms with Crippen LogP contribution in [0.2, 0.25) is 0 Å². The predicted octanol–water partition coefficient (Wildman–Crippen LogP) is 2.35. The fraction of sp³-hybridized carbons (Fsp3) is 0.538. The van der Waals surface area contributed by atoms with Crippen molar-refractivity contribution in [1.29, 1.82) is 0 Å². The number of nitrogens with zero attached hydrogens (tertiary/aromatic N) is 3. The molecule has 1 saturated heterocycles. The molecule has 0 radical (unpaired) electrons. The SMILES string of the molecule is CCc1cc2c(NN3CCCCC3)nc(NN)nc2s1.